The van der Waals surface area contributed by atoms with Gasteiger partial charge in [0.1, 0.15) is 45.9 Å². The molecule has 37 heteroatoms. The van der Waals surface area contributed by atoms with Gasteiger partial charge in [0.25, 0.3) is 0 Å². The van der Waals surface area contributed by atoms with Crippen molar-refractivity contribution in [1.29, 1.82) is 0 Å². The lowest BCUT2D eigenvalue weighted by molar-refractivity contribution is -0.124. The molecule has 10 heterocycles. The number of aromatic amines is 2. The van der Waals surface area contributed by atoms with E-state index in [4.69, 9.17) is 64.7 Å². The largest absolute Gasteiger partial charge is 0.497 e. The van der Waals surface area contributed by atoms with Crippen LogP contribution >= 0.6 is 11.6 Å². The zero-order chi connectivity index (χ0) is 100.0. The van der Waals surface area contributed by atoms with Crippen LogP contribution in [0.1, 0.15) is 79.6 Å². The van der Waals surface area contributed by atoms with Gasteiger partial charge in [-0.15, -0.1) is 0 Å². The number of fused-ring (bicyclic) bond motifs is 4. The number of H-pyrrole nitrogens is 2. The molecule has 0 atom stereocenters. The number of benzene rings is 8. The number of carbonyl (C=O) groups is 1. The molecular formula is C105H119ClF4N24O8. The Morgan fingerprint density at radius 3 is 1.30 bits per heavy atom. The Kier molecular flexibility index (Phi) is 33.9. The van der Waals surface area contributed by atoms with Crippen molar-refractivity contribution in [2.45, 2.75) is 97.4 Å². The molecule has 0 saturated carbocycles. The number of nitrogens with zero attached hydrogens (tertiary/aromatic N) is 20. The monoisotopic (exact) mass is 1950 g/mol. The van der Waals surface area contributed by atoms with E-state index in [1.54, 1.807) is 126 Å². The topological polar surface area (TPSA) is 321 Å². The van der Waals surface area contributed by atoms with Crippen LogP contribution < -0.4 is 58.7 Å². The van der Waals surface area contributed by atoms with Gasteiger partial charge in [0.15, 0.2) is 0 Å². The molecule has 742 valence electrons. The maximum absolute atomic E-state index is 14.4. The predicted molar refractivity (Wildman–Crippen MR) is 548 cm³/mol. The first-order valence-electron chi connectivity index (χ1n) is 47.1. The molecule has 0 aliphatic carbocycles. The van der Waals surface area contributed by atoms with Crippen LogP contribution in [0.5, 0.6) is 34.5 Å². The highest BCUT2D eigenvalue weighted by molar-refractivity contribution is 6.33. The van der Waals surface area contributed by atoms with E-state index in [9.17, 15) is 22.4 Å². The standard InChI is InChI=1S/C32H40N6O4.C25H27F3N6O2.C25H27FN6O.C23H25ClN6O/c1-32(2,3)42-31(39)37-12-9-22(10-13-37)11-14-38(25-15-26(40-5)18-27(16-25)41-6)24-7-8-28-29(17-24)35-30(20-33-28)23-19-34-36(4)21-23;1-33-15-17(13-31-33)24-14-30-22-6-5-18(11-23(22)32-24)34(8-4-7-29-16-25(26,27)28)19-9-20(35-2)12-21(10-19)36-3;1-33-22-12-19(26)11-21(13-22)32(10-4-9-31-7-2-3-8-31)20-5-6-23-24(14-20)30-25(17-27-23)18-15-28-29-16-18;1-15(2)25-8-9-30(23-11-18(31-3)5-6-19(23)24)17-4-7-20-21(10-17)29-22(14-26-20)16-12-27-28-13-16/h7-8,15-22H,9-14H2,1-6H3;5-6,9-15,29H,4,7-8,16H2,1-3H3;5-6,11-17H,2-4,7-10H2,1H3,(H,28,29);4-7,10-15,25H,8-9H2,1-3H3,(H,27,28). The second-order valence-electron chi connectivity index (χ2n) is 35.8. The third-order valence-corrected chi connectivity index (χ3v) is 24.4. The molecule has 4 N–H and O–H groups in total. The Bertz CT molecular complexity index is 6830. The minimum atomic E-state index is -4.25. The van der Waals surface area contributed by atoms with Crippen molar-refractivity contribution in [2.24, 2.45) is 20.0 Å². The molecule has 1 amide bonds. The molecule has 8 aromatic carbocycles. The maximum atomic E-state index is 14.4. The van der Waals surface area contributed by atoms with Crippen LogP contribution in [0.4, 0.5) is 67.9 Å². The Morgan fingerprint density at radius 2 is 0.887 bits per heavy atom. The van der Waals surface area contributed by atoms with Crippen LogP contribution in [0.2, 0.25) is 5.02 Å². The number of ether oxygens (including phenoxy) is 7. The molecule has 0 radical (unpaired) electrons. The van der Waals surface area contributed by atoms with Crippen molar-refractivity contribution in [1.82, 2.24) is 100 Å². The normalized spacial score (nSPS) is 12.9. The molecule has 2 fully saturated rings. The number of hydrogen-bond acceptors (Lipinski definition) is 27. The van der Waals surface area contributed by atoms with Gasteiger partial charge in [0.05, 0.1) is 176 Å². The molecule has 2 aliphatic heterocycles. The van der Waals surface area contributed by atoms with E-state index in [1.807, 2.05) is 172 Å². The van der Waals surface area contributed by atoms with Crippen molar-refractivity contribution in [3.63, 3.8) is 0 Å². The van der Waals surface area contributed by atoms with Crippen molar-refractivity contribution >= 4 is 107 Å². The molecule has 18 rings (SSSR count). The number of amides is 1. The lowest BCUT2D eigenvalue weighted by atomic mass is 9.93. The molecule has 2 aliphatic rings. The summed E-state index contributed by atoms with van der Waals surface area (Å²) in [6.45, 7) is 17.4. The molecule has 142 heavy (non-hydrogen) atoms. The lowest BCUT2D eigenvalue weighted by Gasteiger charge is -2.34. The van der Waals surface area contributed by atoms with Gasteiger partial charge in [-0.3, -0.25) is 39.5 Å². The number of aryl methyl sites for hydroxylation is 2. The molecule has 0 unspecified atom stereocenters. The van der Waals surface area contributed by atoms with Gasteiger partial charge in [-0.05, 0) is 189 Å². The summed E-state index contributed by atoms with van der Waals surface area (Å²) in [4.78, 5) is 63.0. The van der Waals surface area contributed by atoms with Crippen LogP contribution in [0.15, 0.2) is 220 Å². The third-order valence-electron chi connectivity index (χ3n) is 24.1. The van der Waals surface area contributed by atoms with Crippen molar-refractivity contribution < 1.29 is 55.5 Å². The van der Waals surface area contributed by atoms with Crippen LogP contribution in [0, 0.1) is 11.7 Å². The average Bonchev–Trinajstić information content (AvgIpc) is 1.04. The number of methoxy groups -OCH3 is 6. The number of halogens is 5. The van der Waals surface area contributed by atoms with E-state index in [0.717, 1.165) is 212 Å². The minimum Gasteiger partial charge on any atom is -0.497 e. The number of aromatic nitrogens is 16. The van der Waals surface area contributed by atoms with E-state index in [1.165, 1.54) is 18.9 Å². The summed E-state index contributed by atoms with van der Waals surface area (Å²) in [6.07, 6.45) is 23.7. The summed E-state index contributed by atoms with van der Waals surface area (Å²) in [5.74, 6) is 4.06. The van der Waals surface area contributed by atoms with E-state index in [-0.39, 0.29) is 18.5 Å². The summed E-state index contributed by atoms with van der Waals surface area (Å²) in [7, 11) is 13.4. The second kappa shape index (κ2) is 47.4. The maximum Gasteiger partial charge on any atom is 0.410 e. The highest BCUT2D eigenvalue weighted by atomic mass is 35.5. The van der Waals surface area contributed by atoms with Gasteiger partial charge >= 0.3 is 12.3 Å². The molecule has 0 bridgehead atoms. The second-order valence-corrected chi connectivity index (χ2v) is 36.2. The number of rotatable bonds is 34. The fraction of sp³-hybridized carbons (Fsp3) is 0.343. The Labute approximate surface area is 827 Å². The first-order chi connectivity index (χ1) is 68.6. The SMILES string of the molecule is COc1cc(F)cc(N(CCCN2CCCC2)c2ccc3ncc(-c4cn[nH]c4)nc3c2)c1.COc1cc(OC)cc(N(CCC2CCN(C(=O)OC(C)(C)C)CC2)c2ccc3ncc(-c4cnn(C)c4)nc3c2)c1.COc1cc(OC)cc(N(CCCNCC(F)(F)F)c2ccc3ncc(-c4cnn(C)c4)nc3c2)c1.COc1ccc(Cl)c(N(CCNC(C)C)c2ccc3ncc(-c4cn[nH]c4)nc3c2)c1. The Morgan fingerprint density at radius 1 is 0.465 bits per heavy atom. The fourth-order valence-electron chi connectivity index (χ4n) is 16.8. The predicted octanol–water partition coefficient (Wildman–Crippen LogP) is 20.6. The van der Waals surface area contributed by atoms with Gasteiger partial charge in [0.2, 0.25) is 0 Å². The molecule has 2 saturated heterocycles. The number of nitrogens with one attached hydrogen (secondary N) is 4. The van der Waals surface area contributed by atoms with Gasteiger partial charge in [-0.1, -0.05) is 25.4 Å². The zero-order valence-corrected chi connectivity index (χ0v) is 82.7. The number of alkyl halides is 3. The van der Waals surface area contributed by atoms with E-state index in [2.05, 4.69) is 107 Å². The highest BCUT2D eigenvalue weighted by Crippen LogP contribution is 2.41. The summed E-state index contributed by atoms with van der Waals surface area (Å²) < 4.78 is 93.8. The first-order valence-corrected chi connectivity index (χ1v) is 47.5. The number of anilines is 8. The third kappa shape index (κ3) is 27.2. The first kappa shape index (κ1) is 102. The molecule has 16 aromatic rings. The number of likely N-dealkylation sites (tertiary alicyclic amines) is 2. The van der Waals surface area contributed by atoms with Crippen molar-refractivity contribution in [3.05, 3.63) is 231 Å². The average molecular weight is 1960 g/mol. The van der Waals surface area contributed by atoms with E-state index < -0.39 is 18.3 Å². The molecule has 0 spiro atoms. The number of hydrogen-bond donors (Lipinski definition) is 4. The lowest BCUT2D eigenvalue weighted by Crippen LogP contribution is -2.42. The molecule has 8 aromatic heterocycles. The van der Waals surface area contributed by atoms with E-state index >= 15 is 0 Å². The van der Waals surface area contributed by atoms with Crippen LogP contribution in [-0.4, -0.2) is 235 Å². The fourth-order valence-corrected chi connectivity index (χ4v) is 17.0. The van der Waals surface area contributed by atoms with Crippen LogP contribution in [0.3, 0.4) is 0 Å². The summed E-state index contributed by atoms with van der Waals surface area (Å²) in [6, 6.07) is 46.2. The smallest absolute Gasteiger partial charge is 0.410 e. The van der Waals surface area contributed by atoms with Gasteiger partial charge in [-0.2, -0.15) is 33.6 Å². The molecular weight excluding hydrogens is 1840 g/mol. The van der Waals surface area contributed by atoms with Gasteiger partial charge in [0, 0.05) is 207 Å². The van der Waals surface area contributed by atoms with Crippen molar-refractivity contribution in [3.8, 4) is 79.5 Å². The van der Waals surface area contributed by atoms with Gasteiger partial charge < -0.3 is 73.2 Å². The van der Waals surface area contributed by atoms with Crippen LogP contribution in [-0.2, 0) is 18.8 Å². The summed E-state index contributed by atoms with van der Waals surface area (Å²) in [5.41, 5.74) is 19.4. The number of piperidine rings is 1. The number of carbonyl (C=O) groups excluding carboxylic acids is 1. The van der Waals surface area contributed by atoms with E-state index in [0.29, 0.717) is 71.5 Å². The summed E-state index contributed by atoms with van der Waals surface area (Å²) >= 11 is 6.59. The minimum absolute atomic E-state index is 0.204. The zero-order valence-electron chi connectivity index (χ0n) is 82.0. The summed E-state index contributed by atoms with van der Waals surface area (Å²) in [5, 5.41) is 28.7. The Balaban J connectivity index is 0.000000144. The molecule has 32 nitrogen and oxygen atoms in total. The highest BCUT2D eigenvalue weighted by Gasteiger charge is 2.30. The quantitative estimate of drug-likeness (QED) is 0.0215. The Hall–Kier alpha value is -14.9. The van der Waals surface area contributed by atoms with Crippen molar-refractivity contribution in [2.75, 3.05) is 141 Å². The van der Waals surface area contributed by atoms with Gasteiger partial charge in [-0.25, -0.2) is 29.1 Å². The van der Waals surface area contributed by atoms with Crippen LogP contribution in [0.25, 0.3) is 89.2 Å².